The van der Waals surface area contributed by atoms with Crippen molar-refractivity contribution in [2.75, 3.05) is 19.6 Å². The van der Waals surface area contributed by atoms with E-state index in [2.05, 4.69) is 34.4 Å². The molecule has 1 aliphatic heterocycles. The van der Waals surface area contributed by atoms with Crippen LogP contribution in [0.5, 0.6) is 0 Å². The molecule has 1 amide bonds. The van der Waals surface area contributed by atoms with Crippen molar-refractivity contribution in [3.05, 3.63) is 36.7 Å². The van der Waals surface area contributed by atoms with E-state index in [1.54, 1.807) is 11.9 Å². The van der Waals surface area contributed by atoms with E-state index in [1.165, 1.54) is 10.3 Å². The summed E-state index contributed by atoms with van der Waals surface area (Å²) >= 11 is 1.76. The van der Waals surface area contributed by atoms with Crippen molar-refractivity contribution in [1.29, 1.82) is 0 Å². The van der Waals surface area contributed by atoms with E-state index in [9.17, 15) is 4.79 Å². The smallest absolute Gasteiger partial charge is 0.410 e. The third-order valence-corrected chi connectivity index (χ3v) is 5.51. The van der Waals surface area contributed by atoms with Crippen molar-refractivity contribution in [2.24, 2.45) is 0 Å². The average molecular weight is 374 g/mol. The molecule has 0 unspecified atom stereocenters. The lowest BCUT2D eigenvalue weighted by Crippen LogP contribution is -2.41. The highest BCUT2D eigenvalue weighted by Crippen LogP contribution is 2.29. The van der Waals surface area contributed by atoms with Gasteiger partial charge in [0.1, 0.15) is 5.60 Å². The molecule has 1 aromatic carbocycles. The maximum Gasteiger partial charge on any atom is 0.410 e. The fourth-order valence-corrected chi connectivity index (χ4v) is 4.07. The third-order valence-electron chi connectivity index (χ3n) is 4.27. The first-order chi connectivity index (χ1) is 12.3. The number of carbonyl (C=O) groups is 1. The van der Waals surface area contributed by atoms with Crippen LogP contribution in [-0.4, -0.2) is 51.6 Å². The van der Waals surface area contributed by atoms with E-state index in [-0.39, 0.29) is 12.1 Å². The molecule has 1 fully saturated rings. The summed E-state index contributed by atoms with van der Waals surface area (Å²) in [6.07, 6.45) is 4.43. The molecule has 0 aliphatic carbocycles. The van der Waals surface area contributed by atoms with Crippen LogP contribution in [0.4, 0.5) is 4.79 Å². The molecule has 3 rings (SSSR count). The summed E-state index contributed by atoms with van der Waals surface area (Å²) in [5, 5.41) is 2.35. The monoisotopic (exact) mass is 373 g/mol. The summed E-state index contributed by atoms with van der Waals surface area (Å²) in [4.78, 5) is 19.6. The molecule has 6 heteroatoms. The molecule has 26 heavy (non-hydrogen) atoms. The van der Waals surface area contributed by atoms with Crippen LogP contribution in [0.3, 0.4) is 0 Å². The van der Waals surface area contributed by atoms with Gasteiger partial charge in [-0.3, -0.25) is 4.98 Å². The van der Waals surface area contributed by atoms with E-state index in [4.69, 9.17) is 4.74 Å². The van der Waals surface area contributed by atoms with Gasteiger partial charge in [-0.25, -0.2) is 9.10 Å². The lowest BCUT2D eigenvalue weighted by Gasteiger charge is -2.29. The third kappa shape index (κ3) is 4.89. The van der Waals surface area contributed by atoms with Crippen molar-refractivity contribution in [3.63, 3.8) is 0 Å². The first-order valence-electron chi connectivity index (χ1n) is 9.08. The fraction of sp³-hybridized carbons (Fsp3) is 0.500. The van der Waals surface area contributed by atoms with Crippen molar-refractivity contribution < 1.29 is 9.53 Å². The molecule has 0 N–H and O–H groups in total. The summed E-state index contributed by atoms with van der Waals surface area (Å²) < 4.78 is 7.91. The van der Waals surface area contributed by atoms with Crippen LogP contribution in [-0.2, 0) is 4.74 Å². The minimum Gasteiger partial charge on any atom is -0.444 e. The van der Waals surface area contributed by atoms with Gasteiger partial charge in [-0.2, -0.15) is 0 Å². The van der Waals surface area contributed by atoms with E-state index in [1.807, 2.05) is 44.1 Å². The second-order valence-electron chi connectivity index (χ2n) is 7.75. The molecule has 1 saturated heterocycles. The zero-order valence-corrected chi connectivity index (χ0v) is 16.8. The maximum absolute atomic E-state index is 12.4. The summed E-state index contributed by atoms with van der Waals surface area (Å²) in [5.74, 6) is 0. The Bertz CT molecular complexity index is 775. The second kappa shape index (κ2) is 7.84. The lowest BCUT2D eigenvalue weighted by atomic mass is 10.2. The number of benzene rings is 1. The standard InChI is InChI=1S/C20H27N3O2S/c1-15-14-22(19(24)25-20(2,3)4)10-5-11-23(15)26-18-7-6-17-13-21-9-8-16(17)12-18/h6-9,12-13,15H,5,10-11,14H2,1-4H3/t15-/m1/s1. The van der Waals surface area contributed by atoms with Crippen LogP contribution in [0, 0.1) is 0 Å². The van der Waals surface area contributed by atoms with Gasteiger partial charge in [-0.15, -0.1) is 0 Å². The Morgan fingerprint density at radius 3 is 2.81 bits per heavy atom. The highest BCUT2D eigenvalue weighted by atomic mass is 32.2. The molecular formula is C20H27N3O2S. The highest BCUT2D eigenvalue weighted by molar-refractivity contribution is 7.97. The molecule has 0 saturated carbocycles. The molecule has 5 nitrogen and oxygen atoms in total. The minimum absolute atomic E-state index is 0.214. The van der Waals surface area contributed by atoms with Crippen LogP contribution in [0.25, 0.3) is 10.8 Å². The summed E-state index contributed by atoms with van der Waals surface area (Å²) in [5.41, 5.74) is -0.457. The predicted octanol–water partition coefficient (Wildman–Crippen LogP) is 4.57. The van der Waals surface area contributed by atoms with Crippen LogP contribution in [0.1, 0.15) is 34.1 Å². The normalized spacial score (nSPS) is 19.4. The molecular weight excluding hydrogens is 346 g/mol. The number of fused-ring (bicyclic) bond motifs is 1. The van der Waals surface area contributed by atoms with E-state index < -0.39 is 5.60 Å². The number of nitrogens with zero attached hydrogens (tertiary/aromatic N) is 3. The largest absolute Gasteiger partial charge is 0.444 e. The second-order valence-corrected chi connectivity index (χ2v) is 8.87. The van der Waals surface area contributed by atoms with Crippen molar-refractivity contribution in [3.8, 4) is 0 Å². The first-order valence-corrected chi connectivity index (χ1v) is 9.85. The molecule has 140 valence electrons. The van der Waals surface area contributed by atoms with Gasteiger partial charge in [0.2, 0.25) is 0 Å². The van der Waals surface area contributed by atoms with Crippen molar-refractivity contribution >= 4 is 28.8 Å². The van der Waals surface area contributed by atoms with Gasteiger partial charge in [-0.05, 0) is 69.6 Å². The highest BCUT2D eigenvalue weighted by Gasteiger charge is 2.28. The minimum atomic E-state index is -0.457. The van der Waals surface area contributed by atoms with E-state index in [0.717, 1.165) is 24.9 Å². The Labute approximate surface area is 159 Å². The predicted molar refractivity (Wildman–Crippen MR) is 106 cm³/mol. The van der Waals surface area contributed by atoms with Gasteiger partial charge < -0.3 is 9.64 Å². The molecule has 1 aliphatic rings. The maximum atomic E-state index is 12.4. The molecule has 2 aromatic rings. The van der Waals surface area contributed by atoms with Gasteiger partial charge in [0.05, 0.1) is 0 Å². The van der Waals surface area contributed by atoms with E-state index >= 15 is 0 Å². The summed E-state index contributed by atoms with van der Waals surface area (Å²) in [6.45, 7) is 10.2. The fourth-order valence-electron chi connectivity index (χ4n) is 3.02. The van der Waals surface area contributed by atoms with Crippen molar-refractivity contribution in [1.82, 2.24) is 14.2 Å². The topological polar surface area (TPSA) is 45.7 Å². The molecule has 0 bridgehead atoms. The first kappa shape index (κ1) is 19.0. The van der Waals surface area contributed by atoms with Crippen LogP contribution in [0.2, 0.25) is 0 Å². The van der Waals surface area contributed by atoms with E-state index in [0.29, 0.717) is 6.54 Å². The number of rotatable bonds is 2. The number of amides is 1. The summed E-state index contributed by atoms with van der Waals surface area (Å²) in [6, 6.07) is 8.74. The number of hydrogen-bond donors (Lipinski definition) is 0. The van der Waals surface area contributed by atoms with Gasteiger partial charge in [0.25, 0.3) is 0 Å². The van der Waals surface area contributed by atoms with Gasteiger partial charge in [0, 0.05) is 48.4 Å². The lowest BCUT2D eigenvalue weighted by molar-refractivity contribution is 0.0245. The Morgan fingerprint density at radius 2 is 2.04 bits per heavy atom. The molecule has 1 aromatic heterocycles. The summed E-state index contributed by atoms with van der Waals surface area (Å²) in [7, 11) is 0. The SMILES string of the molecule is C[C@@H]1CN(C(=O)OC(C)(C)C)CCCN1Sc1ccc2cnccc2c1. The van der Waals surface area contributed by atoms with Gasteiger partial charge >= 0.3 is 6.09 Å². The quantitative estimate of drug-likeness (QED) is 0.722. The number of carbonyl (C=O) groups excluding carboxylic acids is 1. The number of hydrogen-bond acceptors (Lipinski definition) is 5. The van der Waals surface area contributed by atoms with Gasteiger partial charge in [-0.1, -0.05) is 6.07 Å². The Morgan fingerprint density at radius 1 is 1.23 bits per heavy atom. The Kier molecular flexibility index (Phi) is 5.73. The van der Waals surface area contributed by atoms with Crippen LogP contribution < -0.4 is 0 Å². The number of ether oxygens (including phenoxy) is 1. The molecule has 1 atom stereocenters. The zero-order valence-electron chi connectivity index (χ0n) is 15.9. The Balaban J connectivity index is 1.66. The van der Waals surface area contributed by atoms with Crippen molar-refractivity contribution in [2.45, 2.75) is 50.7 Å². The Hall–Kier alpha value is -1.79. The zero-order chi connectivity index (χ0) is 18.7. The van der Waals surface area contributed by atoms with Gasteiger partial charge in [0.15, 0.2) is 0 Å². The number of pyridine rings is 1. The number of aromatic nitrogens is 1. The molecule has 0 radical (unpaired) electrons. The average Bonchev–Trinajstić information content (AvgIpc) is 2.75. The molecule has 0 spiro atoms. The van der Waals surface area contributed by atoms with Crippen LogP contribution >= 0.6 is 11.9 Å². The van der Waals surface area contributed by atoms with Crippen LogP contribution in [0.15, 0.2) is 41.6 Å². The molecule has 2 heterocycles.